The minimum absolute atomic E-state index is 0.144. The molecule has 2 fully saturated rings. The Morgan fingerprint density at radius 1 is 1.30 bits per heavy atom. The van der Waals surface area contributed by atoms with Crippen LogP contribution in [-0.4, -0.2) is 50.4 Å². The maximum Gasteiger partial charge on any atom is 0.192 e. The van der Waals surface area contributed by atoms with Crippen molar-refractivity contribution in [3.63, 3.8) is 0 Å². The van der Waals surface area contributed by atoms with E-state index >= 15 is 0 Å². The lowest BCUT2D eigenvalue weighted by atomic mass is 10.1. The van der Waals surface area contributed by atoms with Crippen molar-refractivity contribution in [1.82, 2.24) is 0 Å². The second-order valence-electron chi connectivity index (χ2n) is 7.50. The number of hydrogen-bond donors (Lipinski definition) is 1. The molecule has 2 aliphatic heterocycles. The lowest BCUT2D eigenvalue weighted by Crippen LogP contribution is -2.45. The van der Waals surface area contributed by atoms with E-state index in [4.69, 9.17) is 21.4 Å². The van der Waals surface area contributed by atoms with Gasteiger partial charge in [0.1, 0.15) is 18.3 Å². The molecule has 118 valence electrons. The summed E-state index contributed by atoms with van der Waals surface area (Å²) >= 11 is 0. The van der Waals surface area contributed by atoms with Crippen molar-refractivity contribution >= 4 is 8.32 Å². The fraction of sp³-hybridized carbons (Fsp3) is 1.00. The van der Waals surface area contributed by atoms with Gasteiger partial charge in [-0.15, -0.1) is 0 Å². The summed E-state index contributed by atoms with van der Waals surface area (Å²) < 4.78 is 39.1. The largest absolute Gasteiger partial charge is 0.414 e. The van der Waals surface area contributed by atoms with E-state index < -0.39 is 45.3 Å². The van der Waals surface area contributed by atoms with Crippen LogP contribution in [0.15, 0.2) is 0 Å². The van der Waals surface area contributed by atoms with Crippen LogP contribution in [-0.2, 0) is 18.6 Å². The molecule has 0 aromatic heterocycles. The molecule has 0 aliphatic carbocycles. The molecule has 0 spiro atoms. The van der Waals surface area contributed by atoms with Crippen LogP contribution in [0.2, 0.25) is 18.1 Å². The van der Waals surface area contributed by atoms with E-state index in [2.05, 4.69) is 0 Å². The molecule has 5 nitrogen and oxygen atoms in total. The minimum Gasteiger partial charge on any atom is -0.414 e. The van der Waals surface area contributed by atoms with Crippen molar-refractivity contribution in [2.24, 2.45) is 0 Å². The van der Waals surface area contributed by atoms with Crippen molar-refractivity contribution in [2.45, 2.75) is 83.1 Å². The summed E-state index contributed by atoms with van der Waals surface area (Å²) in [5.74, 6) is -0.839. The van der Waals surface area contributed by atoms with Gasteiger partial charge in [0.2, 0.25) is 0 Å². The van der Waals surface area contributed by atoms with Gasteiger partial charge in [-0.2, -0.15) is 0 Å². The summed E-state index contributed by atoms with van der Waals surface area (Å²) in [6, 6.07) is 0. The molecule has 1 N–H and O–H groups in total. The highest BCUT2D eigenvalue weighted by atomic mass is 28.4. The summed E-state index contributed by atoms with van der Waals surface area (Å²) in [5, 5.41) is 10.2. The molecule has 0 unspecified atom stereocenters. The monoisotopic (exact) mass is 306 g/mol. The fourth-order valence-electron chi connectivity index (χ4n) is 1.95. The summed E-state index contributed by atoms with van der Waals surface area (Å²) in [6.07, 6.45) is -3.73. The van der Waals surface area contributed by atoms with Crippen molar-refractivity contribution in [1.29, 1.82) is 0 Å². The Morgan fingerprint density at radius 2 is 1.90 bits per heavy atom. The van der Waals surface area contributed by atoms with Gasteiger partial charge in [-0.1, -0.05) is 20.8 Å². The first-order chi connectivity index (χ1) is 9.66. The van der Waals surface area contributed by atoms with Crippen LogP contribution in [0, 0.1) is 0 Å². The molecule has 0 radical (unpaired) electrons. The first-order valence-electron chi connectivity index (χ1n) is 8.06. The third-order valence-corrected chi connectivity index (χ3v) is 8.49. The molecule has 0 aromatic rings. The van der Waals surface area contributed by atoms with Gasteiger partial charge in [-0.05, 0) is 32.0 Å². The maximum absolute atomic E-state index is 10.4. The van der Waals surface area contributed by atoms with Crippen LogP contribution in [0.5, 0.6) is 0 Å². The SMILES string of the molecule is [2H]C([2H])(O[Si](C)(C)C(C)(C)C)[C@H]1O[C@@H]2OC(C)(C)O[C@@H]2[C@H]1O. The minimum atomic E-state index is -2.35. The number of aliphatic hydroxyl groups excluding tert-OH is 1. The molecule has 2 saturated heterocycles. The summed E-state index contributed by atoms with van der Waals surface area (Å²) in [5.41, 5.74) is 0. The summed E-state index contributed by atoms with van der Waals surface area (Å²) in [6.45, 7) is 11.4. The van der Waals surface area contributed by atoms with Crippen molar-refractivity contribution in [2.75, 3.05) is 6.56 Å². The third kappa shape index (κ3) is 3.10. The molecule has 0 amide bonds. The number of aliphatic hydroxyl groups is 1. The number of fused-ring (bicyclic) bond motifs is 1. The van der Waals surface area contributed by atoms with Crippen molar-refractivity contribution < 1.29 is 26.5 Å². The lowest BCUT2D eigenvalue weighted by Gasteiger charge is -2.37. The number of hydrogen-bond acceptors (Lipinski definition) is 5. The Kier molecular flexibility index (Phi) is 3.44. The van der Waals surface area contributed by atoms with Gasteiger partial charge in [0, 0.05) is 0 Å². The van der Waals surface area contributed by atoms with Gasteiger partial charge in [0.25, 0.3) is 0 Å². The second kappa shape index (κ2) is 5.03. The van der Waals surface area contributed by atoms with Crippen molar-refractivity contribution in [3.8, 4) is 0 Å². The predicted octanol–water partition coefficient (Wildman–Crippen LogP) is 2.25. The van der Waals surface area contributed by atoms with Crippen LogP contribution >= 0.6 is 0 Å². The zero-order valence-electron chi connectivity index (χ0n) is 15.4. The lowest BCUT2D eigenvalue weighted by molar-refractivity contribution is -0.217. The van der Waals surface area contributed by atoms with E-state index in [0.29, 0.717) is 0 Å². The number of ether oxygens (including phenoxy) is 3. The average Bonchev–Trinajstić information content (AvgIpc) is 2.70. The van der Waals surface area contributed by atoms with Crippen LogP contribution in [0.3, 0.4) is 0 Å². The first-order valence-corrected chi connectivity index (χ1v) is 9.96. The Bertz CT molecular complexity index is 435. The summed E-state index contributed by atoms with van der Waals surface area (Å²) in [4.78, 5) is 0. The van der Waals surface area contributed by atoms with Gasteiger partial charge in [-0.3, -0.25) is 0 Å². The average molecular weight is 306 g/mol. The van der Waals surface area contributed by atoms with E-state index in [9.17, 15) is 5.11 Å². The zero-order valence-corrected chi connectivity index (χ0v) is 14.4. The van der Waals surface area contributed by atoms with Gasteiger partial charge >= 0.3 is 0 Å². The molecule has 4 atom stereocenters. The molecular weight excluding hydrogens is 276 g/mol. The highest BCUT2D eigenvalue weighted by Crippen LogP contribution is 2.40. The molecule has 20 heavy (non-hydrogen) atoms. The predicted molar refractivity (Wildman–Crippen MR) is 77.9 cm³/mol. The molecular formula is C14H28O5Si. The van der Waals surface area contributed by atoms with Gasteiger partial charge in [0.15, 0.2) is 20.4 Å². The van der Waals surface area contributed by atoms with Crippen LogP contribution in [0.1, 0.15) is 37.4 Å². The molecule has 0 bridgehead atoms. The summed E-state index contributed by atoms with van der Waals surface area (Å²) in [7, 11) is -2.35. The van der Waals surface area contributed by atoms with Gasteiger partial charge < -0.3 is 23.7 Å². The smallest absolute Gasteiger partial charge is 0.192 e. The highest BCUT2D eigenvalue weighted by molar-refractivity contribution is 6.74. The molecule has 2 heterocycles. The first kappa shape index (κ1) is 13.7. The molecule has 2 aliphatic rings. The van der Waals surface area contributed by atoms with Gasteiger partial charge in [0.05, 0.1) is 9.30 Å². The molecule has 0 aromatic carbocycles. The normalized spacial score (nSPS) is 39.4. The zero-order chi connectivity index (χ0) is 17.1. The Morgan fingerprint density at radius 3 is 2.40 bits per heavy atom. The fourth-order valence-corrected chi connectivity index (χ4v) is 2.66. The third-order valence-electron chi connectivity index (χ3n) is 4.25. The topological polar surface area (TPSA) is 57.2 Å². The highest BCUT2D eigenvalue weighted by Gasteiger charge is 2.54. The van der Waals surface area contributed by atoms with Crippen LogP contribution < -0.4 is 0 Å². The van der Waals surface area contributed by atoms with E-state index in [-0.39, 0.29) is 5.04 Å². The van der Waals surface area contributed by atoms with E-state index in [1.807, 2.05) is 33.9 Å². The standard InChI is InChI=1S/C14H28O5Si/c1-13(2,3)20(6,7)16-8-9-10(15)11-12(17-9)19-14(4,5)18-11/h9-12,15H,8H2,1-7H3/t9-,10+,11-,12-/m1/s1/i8D2. The Hall–Kier alpha value is 0.0169. The maximum atomic E-state index is 10.4. The molecule has 2 rings (SSSR count). The molecule has 0 saturated carbocycles. The van der Waals surface area contributed by atoms with E-state index in [0.717, 1.165) is 0 Å². The van der Waals surface area contributed by atoms with Crippen LogP contribution in [0.4, 0.5) is 0 Å². The Balaban J connectivity index is 2.12. The Labute approximate surface area is 125 Å². The van der Waals surface area contributed by atoms with E-state index in [1.54, 1.807) is 13.8 Å². The van der Waals surface area contributed by atoms with Gasteiger partial charge in [-0.25, -0.2) is 0 Å². The van der Waals surface area contributed by atoms with E-state index in [1.165, 1.54) is 0 Å². The van der Waals surface area contributed by atoms with Crippen LogP contribution in [0.25, 0.3) is 0 Å². The second-order valence-corrected chi connectivity index (χ2v) is 12.2. The molecule has 6 heteroatoms. The quantitative estimate of drug-likeness (QED) is 0.811. The number of rotatable bonds is 3. The van der Waals surface area contributed by atoms with Crippen molar-refractivity contribution in [3.05, 3.63) is 0 Å².